The van der Waals surface area contributed by atoms with Crippen molar-refractivity contribution in [2.45, 2.75) is 51.9 Å². The van der Waals surface area contributed by atoms with Gasteiger partial charge in [0, 0.05) is 12.4 Å². The number of imidazole rings is 1. The van der Waals surface area contributed by atoms with Crippen molar-refractivity contribution < 1.29 is 0 Å². The van der Waals surface area contributed by atoms with Crippen molar-refractivity contribution in [2.75, 3.05) is 0 Å². The Morgan fingerprint density at radius 2 is 1.97 bits per heavy atom. The van der Waals surface area contributed by atoms with Crippen molar-refractivity contribution in [3.8, 4) is 11.4 Å². The molecule has 0 amide bonds. The van der Waals surface area contributed by atoms with Gasteiger partial charge in [-0.2, -0.15) is 0 Å². The highest BCUT2D eigenvalue weighted by Crippen LogP contribution is 2.35. The van der Waals surface area contributed by atoms with Crippen molar-refractivity contribution in [3.05, 3.63) is 89.1 Å². The Balaban J connectivity index is 0.00000259. The van der Waals surface area contributed by atoms with Gasteiger partial charge in [-0.25, -0.2) is 9.97 Å². The van der Waals surface area contributed by atoms with Crippen LogP contribution < -0.4 is 6.15 Å². The van der Waals surface area contributed by atoms with Crippen LogP contribution in [0.5, 0.6) is 0 Å². The average Bonchev–Trinajstić information content (AvgIpc) is 3.49. The summed E-state index contributed by atoms with van der Waals surface area (Å²) in [6.45, 7) is 2.24. The smallest absolute Gasteiger partial charge is 0.0948 e. The summed E-state index contributed by atoms with van der Waals surface area (Å²) in [7, 11) is 2.03. The number of pyridine rings is 1. The molecule has 4 nitrogen and oxygen atoms in total. The number of hydrogen-bond donors (Lipinski definition) is 1. The quantitative estimate of drug-likeness (QED) is 0.405. The molecule has 5 rings (SSSR count). The first-order valence-electron chi connectivity index (χ1n) is 11.8. The molecule has 1 fully saturated rings. The number of allylic oxidation sites excluding steroid dienone is 5. The van der Waals surface area contributed by atoms with E-state index in [0.29, 0.717) is 0 Å². The van der Waals surface area contributed by atoms with Gasteiger partial charge in [-0.15, -0.1) is 5.73 Å². The topological polar surface area (TPSA) is 65.7 Å². The summed E-state index contributed by atoms with van der Waals surface area (Å²) >= 11 is 0. The Morgan fingerprint density at radius 1 is 1.09 bits per heavy atom. The normalized spacial score (nSPS) is 17.8. The van der Waals surface area contributed by atoms with E-state index in [2.05, 4.69) is 60.1 Å². The first-order chi connectivity index (χ1) is 15.7. The molecule has 1 aromatic carbocycles. The third-order valence-corrected chi connectivity index (χ3v) is 6.73. The van der Waals surface area contributed by atoms with Crippen molar-refractivity contribution in [2.24, 2.45) is 13.0 Å². The van der Waals surface area contributed by atoms with Gasteiger partial charge in [0.05, 0.1) is 29.4 Å². The van der Waals surface area contributed by atoms with E-state index in [1.807, 2.05) is 30.2 Å². The highest BCUT2D eigenvalue weighted by molar-refractivity contribution is 5.86. The van der Waals surface area contributed by atoms with Crippen LogP contribution in [0.3, 0.4) is 0 Å². The standard InChI is InChI=1S/C29H31N3.H3N/c1-21-16-27-26(17-24(21)14-12-23-10-11-23)25(15-13-22-8-6-4-3-5-7-9-22)18-28(31-27)29-19-30-20-32(29)2;/h3,6-9,16-20,23H,4,10-15H2,1-2H3;1H3/b8-6-,22-9+;. The maximum absolute atomic E-state index is 5.06. The molecular weight excluding hydrogens is 404 g/mol. The molecule has 1 saturated carbocycles. The molecule has 0 spiro atoms. The van der Waals surface area contributed by atoms with Crippen LogP contribution in [0, 0.1) is 12.8 Å². The third kappa shape index (κ3) is 5.42. The molecule has 3 N–H and O–H groups in total. The molecule has 4 heteroatoms. The summed E-state index contributed by atoms with van der Waals surface area (Å²) < 4.78 is 2.05. The third-order valence-electron chi connectivity index (χ3n) is 6.73. The lowest BCUT2D eigenvalue weighted by Crippen LogP contribution is -2.00. The summed E-state index contributed by atoms with van der Waals surface area (Å²) in [6, 6.07) is 7.00. The van der Waals surface area contributed by atoms with E-state index in [0.717, 1.165) is 42.1 Å². The Bertz CT molecular complexity index is 1260. The van der Waals surface area contributed by atoms with Crippen LogP contribution in [0.2, 0.25) is 0 Å². The Morgan fingerprint density at radius 3 is 2.76 bits per heavy atom. The molecule has 170 valence electrons. The zero-order valence-corrected chi connectivity index (χ0v) is 19.8. The molecule has 3 aromatic rings. The molecule has 2 aromatic heterocycles. The second-order valence-corrected chi connectivity index (χ2v) is 9.25. The number of nitrogens with zero attached hydrogens (tertiary/aromatic N) is 3. The number of benzene rings is 1. The van der Waals surface area contributed by atoms with E-state index in [1.54, 1.807) is 0 Å². The van der Waals surface area contributed by atoms with Crippen molar-refractivity contribution in [3.63, 3.8) is 0 Å². The largest absolute Gasteiger partial charge is 0.344 e. The number of hydrogen-bond acceptors (Lipinski definition) is 3. The second-order valence-electron chi connectivity index (χ2n) is 9.25. The van der Waals surface area contributed by atoms with Gasteiger partial charge < -0.3 is 10.7 Å². The van der Waals surface area contributed by atoms with Gasteiger partial charge in [-0.1, -0.05) is 31.1 Å². The van der Waals surface area contributed by atoms with Crippen LogP contribution in [0.15, 0.2) is 72.4 Å². The lowest BCUT2D eigenvalue weighted by Gasteiger charge is -2.14. The highest BCUT2D eigenvalue weighted by atomic mass is 15.0. The van der Waals surface area contributed by atoms with Gasteiger partial charge in [0.25, 0.3) is 0 Å². The lowest BCUT2D eigenvalue weighted by atomic mass is 9.94. The SMILES string of the molecule is Cc1cc2nc(-c3cncn3C)cc(CCC3=C/C=C=CC/C=C\3)c2cc1CCC1CC1.N. The van der Waals surface area contributed by atoms with Crippen LogP contribution >= 0.6 is 0 Å². The van der Waals surface area contributed by atoms with Crippen LogP contribution in [0.4, 0.5) is 0 Å². The highest BCUT2D eigenvalue weighted by Gasteiger charge is 2.21. The summed E-state index contributed by atoms with van der Waals surface area (Å²) in [5.41, 5.74) is 11.9. The number of aromatic nitrogens is 3. The van der Waals surface area contributed by atoms with Gasteiger partial charge >= 0.3 is 0 Å². The van der Waals surface area contributed by atoms with Crippen molar-refractivity contribution in [1.29, 1.82) is 0 Å². The van der Waals surface area contributed by atoms with Gasteiger partial charge in [-0.3, -0.25) is 0 Å². The van der Waals surface area contributed by atoms with E-state index >= 15 is 0 Å². The van der Waals surface area contributed by atoms with Crippen molar-refractivity contribution in [1.82, 2.24) is 20.7 Å². The van der Waals surface area contributed by atoms with E-state index in [1.165, 1.54) is 53.3 Å². The monoisotopic (exact) mass is 438 g/mol. The van der Waals surface area contributed by atoms with Crippen LogP contribution in [-0.2, 0) is 19.9 Å². The summed E-state index contributed by atoms with van der Waals surface area (Å²) in [5.74, 6) is 0.954. The van der Waals surface area contributed by atoms with E-state index in [9.17, 15) is 0 Å². The summed E-state index contributed by atoms with van der Waals surface area (Å²) in [5, 5.41) is 1.30. The lowest BCUT2D eigenvalue weighted by molar-refractivity contribution is 0.725. The van der Waals surface area contributed by atoms with E-state index in [4.69, 9.17) is 4.98 Å². The van der Waals surface area contributed by atoms with Gasteiger partial charge in [0.1, 0.15) is 0 Å². The molecule has 2 aliphatic carbocycles. The maximum atomic E-state index is 5.06. The van der Waals surface area contributed by atoms with Crippen LogP contribution in [-0.4, -0.2) is 14.5 Å². The van der Waals surface area contributed by atoms with E-state index in [-0.39, 0.29) is 6.15 Å². The van der Waals surface area contributed by atoms with E-state index < -0.39 is 0 Å². The molecule has 33 heavy (non-hydrogen) atoms. The first kappa shape index (κ1) is 23.0. The molecular formula is C29H34N4. The minimum Gasteiger partial charge on any atom is -0.344 e. The van der Waals surface area contributed by atoms with Crippen molar-refractivity contribution >= 4 is 10.9 Å². The Hall–Kier alpha value is -3.20. The average molecular weight is 439 g/mol. The molecule has 2 aliphatic rings. The first-order valence-corrected chi connectivity index (χ1v) is 11.8. The van der Waals surface area contributed by atoms with Gasteiger partial charge in [-0.05, 0) is 97.6 Å². The summed E-state index contributed by atoms with van der Waals surface area (Å²) in [6.07, 6.45) is 22.8. The molecule has 0 unspecified atom stereocenters. The zero-order chi connectivity index (χ0) is 21.9. The number of rotatable bonds is 7. The van der Waals surface area contributed by atoms with Crippen LogP contribution in [0.25, 0.3) is 22.3 Å². The van der Waals surface area contributed by atoms with Crippen LogP contribution in [0.1, 0.15) is 48.8 Å². The molecule has 0 bridgehead atoms. The minimum atomic E-state index is 0. The molecule has 0 atom stereocenters. The predicted molar refractivity (Wildman–Crippen MR) is 138 cm³/mol. The predicted octanol–water partition coefficient (Wildman–Crippen LogP) is 6.98. The minimum absolute atomic E-state index is 0. The molecule has 0 saturated heterocycles. The maximum Gasteiger partial charge on any atom is 0.0948 e. The number of aryl methyl sites for hydroxylation is 4. The number of fused-ring (bicyclic) bond motifs is 1. The Labute approximate surface area is 197 Å². The van der Waals surface area contributed by atoms with Gasteiger partial charge in [0.2, 0.25) is 0 Å². The second kappa shape index (κ2) is 10.2. The fourth-order valence-corrected chi connectivity index (χ4v) is 4.55. The fraction of sp³-hybridized carbons (Fsp3) is 0.345. The van der Waals surface area contributed by atoms with Gasteiger partial charge in [0.15, 0.2) is 0 Å². The fourth-order valence-electron chi connectivity index (χ4n) is 4.55. The molecule has 2 heterocycles. The Kier molecular flexibility index (Phi) is 7.08. The zero-order valence-electron chi connectivity index (χ0n) is 19.8. The molecule has 0 aliphatic heterocycles. The summed E-state index contributed by atoms with van der Waals surface area (Å²) in [4.78, 5) is 9.38. The molecule has 0 radical (unpaired) electrons.